The van der Waals surface area contributed by atoms with E-state index >= 15 is 0 Å². The molecule has 1 atom stereocenters. The number of alkyl halides is 3. The van der Waals surface area contributed by atoms with E-state index in [1.807, 2.05) is 0 Å². The predicted molar refractivity (Wildman–Crippen MR) is 49.2 cm³/mol. The van der Waals surface area contributed by atoms with Gasteiger partial charge in [0.2, 0.25) is 0 Å². The lowest BCUT2D eigenvalue weighted by Gasteiger charge is -2.05. The Morgan fingerprint density at radius 3 is 2.21 bits per heavy atom. The Bertz CT molecular complexity index is 308. The molecule has 0 aromatic heterocycles. The molecule has 1 nitrogen and oxygen atoms in total. The standard InChI is InChI=1S/C9H9F3OS/c10-9(11,12)7-14(13)6-8-4-2-1-3-5-8/h1-5H,6-7H2. The van der Waals surface area contributed by atoms with Crippen LogP contribution < -0.4 is 0 Å². The fourth-order valence-electron chi connectivity index (χ4n) is 0.994. The monoisotopic (exact) mass is 222 g/mol. The molecule has 0 bridgehead atoms. The Kier molecular flexibility index (Phi) is 3.69. The number of hydrogen-bond acceptors (Lipinski definition) is 1. The molecule has 78 valence electrons. The van der Waals surface area contributed by atoms with Crippen LogP contribution in [-0.2, 0) is 16.6 Å². The maximum Gasteiger partial charge on any atom is 0.400 e. The number of benzene rings is 1. The first-order valence-corrected chi connectivity index (χ1v) is 5.42. The summed E-state index contributed by atoms with van der Waals surface area (Å²) in [7, 11) is -1.87. The first kappa shape index (κ1) is 11.2. The van der Waals surface area contributed by atoms with Crippen LogP contribution in [0.5, 0.6) is 0 Å². The van der Waals surface area contributed by atoms with Crippen LogP contribution in [-0.4, -0.2) is 16.1 Å². The fraction of sp³-hybridized carbons (Fsp3) is 0.333. The van der Waals surface area contributed by atoms with Crippen LogP contribution in [0, 0.1) is 0 Å². The van der Waals surface area contributed by atoms with Crippen molar-refractivity contribution in [3.8, 4) is 0 Å². The Morgan fingerprint density at radius 2 is 1.71 bits per heavy atom. The van der Waals surface area contributed by atoms with Crippen LogP contribution >= 0.6 is 0 Å². The second-order valence-electron chi connectivity index (χ2n) is 2.83. The van der Waals surface area contributed by atoms with Crippen LogP contribution in [0.3, 0.4) is 0 Å². The van der Waals surface area contributed by atoms with Crippen molar-refractivity contribution in [3.05, 3.63) is 35.9 Å². The minimum absolute atomic E-state index is 0.0413. The van der Waals surface area contributed by atoms with Gasteiger partial charge in [-0.25, -0.2) is 0 Å². The molecule has 0 amide bonds. The number of rotatable bonds is 3. The van der Waals surface area contributed by atoms with E-state index in [1.54, 1.807) is 30.3 Å². The Hall–Kier alpha value is -0.840. The fourth-order valence-corrected chi connectivity index (χ4v) is 2.03. The summed E-state index contributed by atoms with van der Waals surface area (Å²) in [6.45, 7) is 0. The molecule has 5 heteroatoms. The lowest BCUT2D eigenvalue weighted by atomic mass is 10.2. The quantitative estimate of drug-likeness (QED) is 0.768. The summed E-state index contributed by atoms with van der Waals surface area (Å²) in [6, 6.07) is 8.50. The minimum Gasteiger partial charge on any atom is -0.259 e. The van der Waals surface area contributed by atoms with Gasteiger partial charge in [0.1, 0.15) is 5.75 Å². The lowest BCUT2D eigenvalue weighted by Crippen LogP contribution is -2.19. The van der Waals surface area contributed by atoms with Gasteiger partial charge in [0, 0.05) is 16.6 Å². The molecule has 0 heterocycles. The maximum absolute atomic E-state index is 11.8. The van der Waals surface area contributed by atoms with Crippen molar-refractivity contribution in [3.63, 3.8) is 0 Å². The highest BCUT2D eigenvalue weighted by atomic mass is 32.2. The van der Waals surface area contributed by atoms with E-state index in [0.29, 0.717) is 5.56 Å². The highest BCUT2D eigenvalue weighted by molar-refractivity contribution is 7.84. The molecule has 0 aliphatic rings. The summed E-state index contributed by atoms with van der Waals surface area (Å²) >= 11 is 0. The molecule has 0 radical (unpaired) electrons. The van der Waals surface area contributed by atoms with E-state index in [1.165, 1.54) is 0 Å². The van der Waals surface area contributed by atoms with Crippen molar-refractivity contribution >= 4 is 10.8 Å². The second-order valence-corrected chi connectivity index (χ2v) is 4.29. The third-order valence-electron chi connectivity index (χ3n) is 1.50. The first-order chi connectivity index (χ1) is 6.47. The lowest BCUT2D eigenvalue weighted by molar-refractivity contribution is -0.105. The summed E-state index contributed by atoms with van der Waals surface area (Å²) in [5, 5.41) is 0. The van der Waals surface area contributed by atoms with Crippen LogP contribution in [0.4, 0.5) is 13.2 Å². The van der Waals surface area contributed by atoms with Crippen molar-refractivity contribution in [2.75, 3.05) is 5.75 Å². The summed E-state index contributed by atoms with van der Waals surface area (Å²) < 4.78 is 46.5. The van der Waals surface area contributed by atoms with Crippen LogP contribution in [0.15, 0.2) is 30.3 Å². The zero-order valence-electron chi connectivity index (χ0n) is 7.25. The molecule has 0 saturated carbocycles. The number of hydrogen-bond donors (Lipinski definition) is 0. The predicted octanol–water partition coefficient (Wildman–Crippen LogP) is 2.50. The van der Waals surface area contributed by atoms with Gasteiger partial charge in [-0.3, -0.25) is 4.21 Å². The molecule has 1 aromatic carbocycles. The molecule has 0 N–H and O–H groups in total. The smallest absolute Gasteiger partial charge is 0.259 e. The molecule has 14 heavy (non-hydrogen) atoms. The Morgan fingerprint density at radius 1 is 1.14 bits per heavy atom. The van der Waals surface area contributed by atoms with E-state index in [-0.39, 0.29) is 5.75 Å². The van der Waals surface area contributed by atoms with Gasteiger partial charge in [-0.15, -0.1) is 0 Å². The topological polar surface area (TPSA) is 17.1 Å². The van der Waals surface area contributed by atoms with E-state index in [9.17, 15) is 17.4 Å². The van der Waals surface area contributed by atoms with Crippen LogP contribution in [0.1, 0.15) is 5.56 Å². The summed E-state index contributed by atoms with van der Waals surface area (Å²) in [4.78, 5) is 0. The van der Waals surface area contributed by atoms with E-state index < -0.39 is 22.7 Å². The van der Waals surface area contributed by atoms with Gasteiger partial charge in [-0.2, -0.15) is 13.2 Å². The Balaban J connectivity index is 2.50. The zero-order chi connectivity index (χ0) is 10.6. The molecular weight excluding hydrogens is 213 g/mol. The Labute approximate surface area is 82.4 Å². The number of halogens is 3. The second kappa shape index (κ2) is 4.59. The van der Waals surface area contributed by atoms with Gasteiger partial charge in [0.15, 0.2) is 0 Å². The summed E-state index contributed by atoms with van der Waals surface area (Å²) in [5.41, 5.74) is 0.662. The van der Waals surface area contributed by atoms with Gasteiger partial charge in [-0.05, 0) is 5.56 Å². The van der Waals surface area contributed by atoms with Crippen molar-refractivity contribution in [2.24, 2.45) is 0 Å². The van der Waals surface area contributed by atoms with Crippen molar-refractivity contribution in [1.82, 2.24) is 0 Å². The van der Waals surface area contributed by atoms with Gasteiger partial charge in [0.25, 0.3) is 0 Å². The third kappa shape index (κ3) is 4.41. The van der Waals surface area contributed by atoms with Crippen LogP contribution in [0.25, 0.3) is 0 Å². The average Bonchev–Trinajstić information content (AvgIpc) is 2.02. The van der Waals surface area contributed by atoms with E-state index in [4.69, 9.17) is 0 Å². The molecule has 1 rings (SSSR count). The third-order valence-corrected chi connectivity index (χ3v) is 2.80. The van der Waals surface area contributed by atoms with Gasteiger partial charge < -0.3 is 0 Å². The zero-order valence-corrected chi connectivity index (χ0v) is 8.07. The largest absolute Gasteiger partial charge is 0.400 e. The van der Waals surface area contributed by atoms with Gasteiger partial charge in [-0.1, -0.05) is 30.3 Å². The van der Waals surface area contributed by atoms with E-state index in [2.05, 4.69) is 0 Å². The minimum atomic E-state index is -4.35. The molecule has 0 fully saturated rings. The normalized spacial score (nSPS) is 13.9. The molecule has 0 aliphatic carbocycles. The molecule has 0 aliphatic heterocycles. The first-order valence-electron chi connectivity index (χ1n) is 3.93. The highest BCUT2D eigenvalue weighted by Gasteiger charge is 2.30. The van der Waals surface area contributed by atoms with E-state index in [0.717, 1.165) is 0 Å². The van der Waals surface area contributed by atoms with Gasteiger partial charge in [0.05, 0.1) is 0 Å². The molecule has 0 saturated heterocycles. The molecule has 0 spiro atoms. The van der Waals surface area contributed by atoms with Crippen molar-refractivity contribution < 1.29 is 17.4 Å². The van der Waals surface area contributed by atoms with Crippen molar-refractivity contribution in [1.29, 1.82) is 0 Å². The van der Waals surface area contributed by atoms with Crippen LogP contribution in [0.2, 0.25) is 0 Å². The SMILES string of the molecule is O=S(Cc1ccccc1)CC(F)(F)F. The van der Waals surface area contributed by atoms with Crippen molar-refractivity contribution in [2.45, 2.75) is 11.9 Å². The average molecular weight is 222 g/mol. The molecule has 1 aromatic rings. The summed E-state index contributed by atoms with van der Waals surface area (Å²) in [6.07, 6.45) is -4.35. The summed E-state index contributed by atoms with van der Waals surface area (Å²) in [5.74, 6) is -1.28. The van der Waals surface area contributed by atoms with Gasteiger partial charge >= 0.3 is 6.18 Å². The maximum atomic E-state index is 11.8. The molecular formula is C9H9F3OS. The highest BCUT2D eigenvalue weighted by Crippen LogP contribution is 2.17. The molecule has 1 unspecified atom stereocenters.